The van der Waals surface area contributed by atoms with Gasteiger partial charge in [0.1, 0.15) is 0 Å². The number of carbonyl (C=O) groups excluding carboxylic acids is 2. The Labute approximate surface area is 132 Å². The SMILES string of the molecule is O=C1OC(=O)c2c(C#Cc3cccc4ccccc34)cccc21. The minimum absolute atomic E-state index is 0.255. The summed E-state index contributed by atoms with van der Waals surface area (Å²) in [6, 6.07) is 18.9. The molecule has 0 radical (unpaired) electrons. The molecule has 3 aromatic rings. The second kappa shape index (κ2) is 5.11. The zero-order valence-corrected chi connectivity index (χ0v) is 12.0. The number of benzene rings is 3. The van der Waals surface area contributed by atoms with Crippen molar-refractivity contribution in [2.24, 2.45) is 0 Å². The lowest BCUT2D eigenvalue weighted by Crippen LogP contribution is -1.98. The van der Waals surface area contributed by atoms with E-state index in [1.165, 1.54) is 0 Å². The summed E-state index contributed by atoms with van der Waals surface area (Å²) in [6.45, 7) is 0. The molecular formula is C20H10O3. The third-order valence-electron chi connectivity index (χ3n) is 3.80. The first-order valence-electron chi connectivity index (χ1n) is 7.13. The van der Waals surface area contributed by atoms with Crippen LogP contribution in [0.1, 0.15) is 31.8 Å². The van der Waals surface area contributed by atoms with E-state index in [4.69, 9.17) is 0 Å². The molecule has 3 heteroatoms. The van der Waals surface area contributed by atoms with Crippen LogP contribution in [0.15, 0.2) is 60.7 Å². The van der Waals surface area contributed by atoms with Crippen LogP contribution in [-0.4, -0.2) is 11.9 Å². The molecule has 23 heavy (non-hydrogen) atoms. The molecule has 3 aromatic carbocycles. The van der Waals surface area contributed by atoms with Gasteiger partial charge in [-0.3, -0.25) is 0 Å². The largest absolute Gasteiger partial charge is 0.386 e. The van der Waals surface area contributed by atoms with Crippen LogP contribution in [0.4, 0.5) is 0 Å². The normalized spacial score (nSPS) is 12.5. The van der Waals surface area contributed by atoms with Gasteiger partial charge in [0.25, 0.3) is 0 Å². The molecule has 0 amide bonds. The Morgan fingerprint density at radius 1 is 0.696 bits per heavy atom. The van der Waals surface area contributed by atoms with Gasteiger partial charge in [0.2, 0.25) is 0 Å². The summed E-state index contributed by atoms with van der Waals surface area (Å²) in [5, 5.41) is 2.15. The topological polar surface area (TPSA) is 43.4 Å². The molecule has 0 saturated heterocycles. The van der Waals surface area contributed by atoms with Crippen molar-refractivity contribution in [1.82, 2.24) is 0 Å². The molecule has 1 heterocycles. The summed E-state index contributed by atoms with van der Waals surface area (Å²) in [5.41, 5.74) is 1.91. The maximum Gasteiger partial charge on any atom is 0.348 e. The smallest absolute Gasteiger partial charge is 0.348 e. The van der Waals surface area contributed by atoms with E-state index < -0.39 is 11.9 Å². The highest BCUT2D eigenvalue weighted by Crippen LogP contribution is 2.23. The Hall–Kier alpha value is -3.38. The van der Waals surface area contributed by atoms with Gasteiger partial charge < -0.3 is 4.74 Å². The Kier molecular flexibility index (Phi) is 2.96. The van der Waals surface area contributed by atoms with Crippen LogP contribution < -0.4 is 0 Å². The van der Waals surface area contributed by atoms with Gasteiger partial charge in [-0.1, -0.05) is 54.3 Å². The fourth-order valence-electron chi connectivity index (χ4n) is 2.71. The molecule has 0 saturated carbocycles. The molecule has 1 aliphatic heterocycles. The first-order valence-corrected chi connectivity index (χ1v) is 7.13. The molecule has 3 nitrogen and oxygen atoms in total. The fourth-order valence-corrected chi connectivity index (χ4v) is 2.71. The number of esters is 2. The van der Waals surface area contributed by atoms with Crippen LogP contribution in [0.2, 0.25) is 0 Å². The molecule has 108 valence electrons. The van der Waals surface area contributed by atoms with Gasteiger partial charge in [-0.15, -0.1) is 0 Å². The van der Waals surface area contributed by atoms with E-state index in [0.717, 1.165) is 16.3 Å². The monoisotopic (exact) mass is 298 g/mol. The van der Waals surface area contributed by atoms with Crippen molar-refractivity contribution in [3.8, 4) is 11.8 Å². The summed E-state index contributed by atoms with van der Waals surface area (Å²) >= 11 is 0. The van der Waals surface area contributed by atoms with Crippen LogP contribution in [0.25, 0.3) is 10.8 Å². The molecule has 0 fully saturated rings. The number of rotatable bonds is 0. The summed E-state index contributed by atoms with van der Waals surface area (Å²) in [6.07, 6.45) is 0. The second-order valence-corrected chi connectivity index (χ2v) is 5.18. The van der Waals surface area contributed by atoms with Gasteiger partial charge in [0.15, 0.2) is 0 Å². The zero-order chi connectivity index (χ0) is 15.8. The van der Waals surface area contributed by atoms with Gasteiger partial charge in [-0.05, 0) is 29.0 Å². The van der Waals surface area contributed by atoms with Crippen LogP contribution >= 0.6 is 0 Å². The predicted octanol–water partition coefficient (Wildman–Crippen LogP) is 3.55. The highest BCUT2D eigenvalue weighted by Gasteiger charge is 2.31. The van der Waals surface area contributed by atoms with Gasteiger partial charge in [-0.2, -0.15) is 0 Å². The minimum Gasteiger partial charge on any atom is -0.386 e. The standard InChI is InChI=1S/C20H10O3/c21-19-17-10-4-8-15(18(17)20(22)23-19)12-11-14-7-3-6-13-5-1-2-9-16(13)14/h1-10H. The van der Waals surface area contributed by atoms with Crippen molar-refractivity contribution < 1.29 is 14.3 Å². The van der Waals surface area contributed by atoms with Crippen LogP contribution in [-0.2, 0) is 4.74 Å². The lowest BCUT2D eigenvalue weighted by atomic mass is 10.0. The average molecular weight is 298 g/mol. The van der Waals surface area contributed by atoms with Crippen molar-refractivity contribution >= 4 is 22.7 Å². The van der Waals surface area contributed by atoms with Crippen molar-refractivity contribution in [3.05, 3.63) is 82.9 Å². The zero-order valence-electron chi connectivity index (χ0n) is 12.0. The molecule has 4 rings (SSSR count). The maximum absolute atomic E-state index is 11.8. The van der Waals surface area contributed by atoms with Gasteiger partial charge in [0, 0.05) is 11.1 Å². The molecular weight excluding hydrogens is 288 g/mol. The molecule has 0 spiro atoms. The van der Waals surface area contributed by atoms with E-state index in [9.17, 15) is 9.59 Å². The number of hydrogen-bond donors (Lipinski definition) is 0. The number of fused-ring (bicyclic) bond motifs is 2. The van der Waals surface area contributed by atoms with Crippen molar-refractivity contribution in [2.75, 3.05) is 0 Å². The predicted molar refractivity (Wildman–Crippen MR) is 86.1 cm³/mol. The van der Waals surface area contributed by atoms with Crippen molar-refractivity contribution in [2.45, 2.75) is 0 Å². The van der Waals surface area contributed by atoms with Crippen molar-refractivity contribution in [3.63, 3.8) is 0 Å². The summed E-state index contributed by atoms with van der Waals surface area (Å²) in [7, 11) is 0. The molecule has 0 aromatic heterocycles. The maximum atomic E-state index is 11.8. The average Bonchev–Trinajstić information content (AvgIpc) is 2.88. The van der Waals surface area contributed by atoms with E-state index in [0.29, 0.717) is 5.56 Å². The summed E-state index contributed by atoms with van der Waals surface area (Å²) in [4.78, 5) is 23.4. The van der Waals surface area contributed by atoms with E-state index >= 15 is 0 Å². The second-order valence-electron chi connectivity index (χ2n) is 5.18. The van der Waals surface area contributed by atoms with E-state index in [2.05, 4.69) is 16.6 Å². The first kappa shape index (κ1) is 13.3. The molecule has 0 N–H and O–H groups in total. The number of carbonyl (C=O) groups is 2. The van der Waals surface area contributed by atoms with Gasteiger partial charge in [0.05, 0.1) is 11.1 Å². The van der Waals surface area contributed by atoms with E-state index in [-0.39, 0.29) is 11.1 Å². The fraction of sp³-hybridized carbons (Fsp3) is 0. The molecule has 0 atom stereocenters. The lowest BCUT2D eigenvalue weighted by Gasteiger charge is -2.00. The lowest BCUT2D eigenvalue weighted by molar-refractivity contribution is 0.0443. The molecule has 0 bridgehead atoms. The Bertz CT molecular complexity index is 1030. The Morgan fingerprint density at radius 3 is 2.30 bits per heavy atom. The summed E-state index contributed by atoms with van der Waals surface area (Å²) in [5.74, 6) is 4.86. The highest BCUT2D eigenvalue weighted by molar-refractivity contribution is 6.16. The van der Waals surface area contributed by atoms with Crippen LogP contribution in [0.3, 0.4) is 0 Å². The number of ether oxygens (including phenoxy) is 1. The number of hydrogen-bond acceptors (Lipinski definition) is 3. The van der Waals surface area contributed by atoms with Crippen LogP contribution in [0, 0.1) is 11.8 Å². The van der Waals surface area contributed by atoms with Gasteiger partial charge in [-0.25, -0.2) is 9.59 Å². The van der Waals surface area contributed by atoms with Crippen molar-refractivity contribution in [1.29, 1.82) is 0 Å². The van der Waals surface area contributed by atoms with E-state index in [1.807, 2.05) is 42.5 Å². The van der Waals surface area contributed by atoms with Crippen LogP contribution in [0.5, 0.6) is 0 Å². The number of cyclic esters (lactones) is 2. The highest BCUT2D eigenvalue weighted by atomic mass is 16.6. The molecule has 1 aliphatic rings. The Morgan fingerprint density at radius 2 is 1.39 bits per heavy atom. The third kappa shape index (κ3) is 2.18. The first-order chi connectivity index (χ1) is 11.2. The van der Waals surface area contributed by atoms with Gasteiger partial charge >= 0.3 is 11.9 Å². The summed E-state index contributed by atoms with van der Waals surface area (Å²) < 4.78 is 4.65. The van der Waals surface area contributed by atoms with E-state index in [1.54, 1.807) is 18.2 Å². The quantitative estimate of drug-likeness (QED) is 0.362. The third-order valence-corrected chi connectivity index (χ3v) is 3.80. The molecule has 0 unspecified atom stereocenters. The Balaban J connectivity index is 1.86. The minimum atomic E-state index is -0.632. The molecule has 0 aliphatic carbocycles.